The summed E-state index contributed by atoms with van der Waals surface area (Å²) in [5, 5.41) is 7.45. The van der Waals surface area contributed by atoms with Crippen LogP contribution in [0.1, 0.15) is 40.7 Å². The molecule has 0 radical (unpaired) electrons. The molecule has 6 nitrogen and oxygen atoms in total. The van der Waals surface area contributed by atoms with Gasteiger partial charge in [0.25, 0.3) is 0 Å². The van der Waals surface area contributed by atoms with E-state index in [9.17, 15) is 9.59 Å². The maximum atomic E-state index is 12.4. The van der Waals surface area contributed by atoms with Crippen molar-refractivity contribution in [3.8, 4) is 0 Å². The summed E-state index contributed by atoms with van der Waals surface area (Å²) >= 11 is 4.67. The smallest absolute Gasteiger partial charge is 0.341 e. The van der Waals surface area contributed by atoms with Crippen molar-refractivity contribution in [1.82, 2.24) is 9.78 Å². The molecule has 0 aliphatic heterocycles. The average molecular weight is 400 g/mol. The highest BCUT2D eigenvalue weighted by atomic mass is 79.9. The van der Waals surface area contributed by atoms with Gasteiger partial charge in [-0.2, -0.15) is 5.10 Å². The number of hydrogen-bond donors (Lipinski definition) is 1. The van der Waals surface area contributed by atoms with E-state index in [1.54, 1.807) is 30.9 Å². The molecule has 0 bridgehead atoms. The van der Waals surface area contributed by atoms with Crippen LogP contribution in [0.4, 0.5) is 5.00 Å². The quantitative estimate of drug-likeness (QED) is 0.777. The summed E-state index contributed by atoms with van der Waals surface area (Å²) in [7, 11) is 0. The van der Waals surface area contributed by atoms with Crippen LogP contribution >= 0.6 is 27.3 Å². The lowest BCUT2D eigenvalue weighted by molar-refractivity contribution is -0.119. The number of aryl methyl sites for hydroxylation is 1. The number of hydrogen-bond acceptors (Lipinski definition) is 5. The number of thiophene rings is 1. The molecule has 0 saturated carbocycles. The molecule has 0 aliphatic rings. The molecule has 2 heterocycles. The summed E-state index contributed by atoms with van der Waals surface area (Å²) in [6.07, 6.45) is 3.34. The first-order valence-corrected chi connectivity index (χ1v) is 8.73. The Kier molecular flexibility index (Phi) is 5.59. The number of halogens is 1. The van der Waals surface area contributed by atoms with Gasteiger partial charge >= 0.3 is 5.97 Å². The van der Waals surface area contributed by atoms with Crippen molar-refractivity contribution < 1.29 is 14.3 Å². The van der Waals surface area contributed by atoms with Gasteiger partial charge in [0.05, 0.1) is 22.8 Å². The SMILES string of the molecule is CCOC(=O)c1c(NC(=O)C(C)n2cc(Br)cn2)sc(C)c1C. The molecule has 2 aromatic heterocycles. The maximum absolute atomic E-state index is 12.4. The monoisotopic (exact) mass is 399 g/mol. The first-order valence-electron chi connectivity index (χ1n) is 7.12. The molecule has 0 spiro atoms. The number of nitrogens with zero attached hydrogens (tertiary/aromatic N) is 2. The third kappa shape index (κ3) is 3.81. The van der Waals surface area contributed by atoms with E-state index in [4.69, 9.17) is 4.74 Å². The Balaban J connectivity index is 2.24. The Hall–Kier alpha value is -1.67. The summed E-state index contributed by atoms with van der Waals surface area (Å²) in [4.78, 5) is 25.5. The van der Waals surface area contributed by atoms with Crippen molar-refractivity contribution in [2.45, 2.75) is 33.7 Å². The molecule has 0 aliphatic carbocycles. The zero-order chi connectivity index (χ0) is 17.1. The number of nitrogens with one attached hydrogen (secondary N) is 1. The lowest BCUT2D eigenvalue weighted by atomic mass is 10.1. The fourth-order valence-corrected chi connectivity index (χ4v) is 3.38. The van der Waals surface area contributed by atoms with E-state index >= 15 is 0 Å². The second-order valence-corrected chi connectivity index (χ2v) is 7.15. The molecule has 1 atom stereocenters. The van der Waals surface area contributed by atoms with Crippen LogP contribution in [0, 0.1) is 13.8 Å². The number of carbonyl (C=O) groups excluding carboxylic acids is 2. The third-order valence-electron chi connectivity index (χ3n) is 3.45. The van der Waals surface area contributed by atoms with Crippen LogP contribution < -0.4 is 5.32 Å². The van der Waals surface area contributed by atoms with Crippen molar-refractivity contribution in [2.75, 3.05) is 11.9 Å². The highest BCUT2D eigenvalue weighted by Crippen LogP contribution is 2.33. The van der Waals surface area contributed by atoms with Crippen LogP contribution in [0.2, 0.25) is 0 Å². The molecule has 124 valence electrons. The topological polar surface area (TPSA) is 73.2 Å². The Morgan fingerprint density at radius 1 is 1.48 bits per heavy atom. The van der Waals surface area contributed by atoms with Crippen molar-refractivity contribution in [1.29, 1.82) is 0 Å². The number of amides is 1. The van der Waals surface area contributed by atoms with Gasteiger partial charge in [-0.05, 0) is 49.2 Å². The van der Waals surface area contributed by atoms with Gasteiger partial charge in [0.1, 0.15) is 11.0 Å². The molecule has 1 N–H and O–H groups in total. The maximum Gasteiger partial charge on any atom is 0.341 e. The van der Waals surface area contributed by atoms with E-state index in [1.807, 2.05) is 13.8 Å². The molecular formula is C15H18BrN3O3S. The van der Waals surface area contributed by atoms with E-state index < -0.39 is 12.0 Å². The van der Waals surface area contributed by atoms with Gasteiger partial charge in [-0.3, -0.25) is 9.48 Å². The number of rotatable bonds is 5. The van der Waals surface area contributed by atoms with Gasteiger partial charge in [0, 0.05) is 11.1 Å². The van der Waals surface area contributed by atoms with Crippen LogP contribution in [-0.4, -0.2) is 28.3 Å². The summed E-state index contributed by atoms with van der Waals surface area (Å²) in [5.41, 5.74) is 1.26. The van der Waals surface area contributed by atoms with Crippen LogP contribution in [0.25, 0.3) is 0 Å². The van der Waals surface area contributed by atoms with Gasteiger partial charge in [-0.25, -0.2) is 4.79 Å². The standard InChI is InChI=1S/C15H18BrN3O3S/c1-5-22-15(21)12-8(2)10(4)23-14(12)18-13(20)9(3)19-7-11(16)6-17-19/h6-7,9H,5H2,1-4H3,(H,18,20). The second-order valence-electron chi connectivity index (χ2n) is 5.01. The Morgan fingerprint density at radius 3 is 2.74 bits per heavy atom. The van der Waals surface area contributed by atoms with Crippen molar-refractivity contribution in [3.05, 3.63) is 32.9 Å². The summed E-state index contributed by atoms with van der Waals surface area (Å²) < 4.78 is 7.44. The van der Waals surface area contributed by atoms with Gasteiger partial charge in [0.2, 0.25) is 5.91 Å². The predicted molar refractivity (Wildman–Crippen MR) is 93.0 cm³/mol. The van der Waals surface area contributed by atoms with E-state index in [-0.39, 0.29) is 12.5 Å². The third-order valence-corrected chi connectivity index (χ3v) is 4.98. The van der Waals surface area contributed by atoms with E-state index in [0.717, 1.165) is 14.9 Å². The zero-order valence-electron chi connectivity index (χ0n) is 13.3. The first-order chi connectivity index (χ1) is 10.8. The van der Waals surface area contributed by atoms with Gasteiger partial charge in [0.15, 0.2) is 0 Å². The number of carbonyl (C=O) groups is 2. The number of esters is 1. The molecule has 8 heteroatoms. The molecule has 2 rings (SSSR count). The summed E-state index contributed by atoms with van der Waals surface area (Å²) in [6, 6.07) is -0.501. The van der Waals surface area contributed by atoms with Crippen molar-refractivity contribution in [3.63, 3.8) is 0 Å². The number of ether oxygens (including phenoxy) is 1. The van der Waals surface area contributed by atoms with Crippen LogP contribution in [-0.2, 0) is 9.53 Å². The minimum absolute atomic E-state index is 0.243. The van der Waals surface area contributed by atoms with Gasteiger partial charge in [-0.1, -0.05) is 0 Å². The second kappa shape index (κ2) is 7.27. The lowest BCUT2D eigenvalue weighted by Gasteiger charge is -2.12. The summed E-state index contributed by atoms with van der Waals surface area (Å²) in [6.45, 7) is 7.54. The van der Waals surface area contributed by atoms with Crippen molar-refractivity contribution >= 4 is 44.1 Å². The minimum atomic E-state index is -0.501. The lowest BCUT2D eigenvalue weighted by Crippen LogP contribution is -2.24. The molecule has 0 fully saturated rings. The molecule has 1 unspecified atom stereocenters. The Morgan fingerprint density at radius 2 is 2.17 bits per heavy atom. The Bertz CT molecular complexity index is 738. The predicted octanol–water partition coefficient (Wildman–Crippen LogP) is 3.70. The van der Waals surface area contributed by atoms with Crippen molar-refractivity contribution in [2.24, 2.45) is 0 Å². The number of aromatic nitrogens is 2. The number of anilines is 1. The highest BCUT2D eigenvalue weighted by Gasteiger charge is 2.24. The van der Waals surface area contributed by atoms with Crippen LogP contribution in [0.5, 0.6) is 0 Å². The Labute approximate surface area is 147 Å². The molecule has 0 saturated heterocycles. The molecular weight excluding hydrogens is 382 g/mol. The fraction of sp³-hybridized carbons (Fsp3) is 0.400. The summed E-state index contributed by atoms with van der Waals surface area (Å²) in [5.74, 6) is -0.661. The molecule has 23 heavy (non-hydrogen) atoms. The van der Waals surface area contributed by atoms with E-state index in [0.29, 0.717) is 10.6 Å². The van der Waals surface area contributed by atoms with E-state index in [1.165, 1.54) is 11.3 Å². The zero-order valence-corrected chi connectivity index (χ0v) is 15.7. The average Bonchev–Trinajstić information content (AvgIpc) is 3.03. The van der Waals surface area contributed by atoms with Gasteiger partial charge in [-0.15, -0.1) is 11.3 Å². The fourth-order valence-electron chi connectivity index (χ4n) is 2.03. The minimum Gasteiger partial charge on any atom is -0.462 e. The van der Waals surface area contributed by atoms with Crippen LogP contribution in [0.3, 0.4) is 0 Å². The highest BCUT2D eigenvalue weighted by molar-refractivity contribution is 9.10. The van der Waals surface area contributed by atoms with E-state index in [2.05, 4.69) is 26.3 Å². The van der Waals surface area contributed by atoms with Gasteiger partial charge < -0.3 is 10.1 Å². The largest absolute Gasteiger partial charge is 0.462 e. The first kappa shape index (κ1) is 17.7. The normalized spacial score (nSPS) is 12.0. The molecule has 0 aromatic carbocycles. The molecule has 2 aromatic rings. The molecule has 1 amide bonds. The van der Waals surface area contributed by atoms with Crippen LogP contribution in [0.15, 0.2) is 16.9 Å².